The van der Waals surface area contributed by atoms with E-state index in [1.807, 2.05) is 6.08 Å². The van der Waals surface area contributed by atoms with Crippen LogP contribution in [-0.2, 0) is 4.74 Å². The molecule has 0 aromatic rings. The lowest BCUT2D eigenvalue weighted by Crippen LogP contribution is -2.11. The molecule has 0 atom stereocenters. The third kappa shape index (κ3) is 7.66. The quantitative estimate of drug-likeness (QED) is 0.438. The Bertz CT molecular complexity index is 71.3. The summed E-state index contributed by atoms with van der Waals surface area (Å²) in [5.74, 6) is 0. The predicted molar refractivity (Wildman–Crippen MR) is 39.6 cm³/mol. The largest absolute Gasteiger partial charge is 0.381 e. The molecule has 9 heavy (non-hydrogen) atoms. The van der Waals surface area contributed by atoms with Crippen molar-refractivity contribution in [3.63, 3.8) is 0 Å². The average molecular weight is 129 g/mol. The summed E-state index contributed by atoms with van der Waals surface area (Å²) < 4.78 is 4.81. The molecule has 0 fully saturated rings. The summed E-state index contributed by atoms with van der Waals surface area (Å²) in [7, 11) is 1.69. The fraction of sp³-hybridized carbons (Fsp3) is 0.714. The van der Waals surface area contributed by atoms with E-state index in [0.29, 0.717) is 6.61 Å². The van der Waals surface area contributed by atoms with Crippen LogP contribution in [0, 0.1) is 0 Å². The Labute approximate surface area is 56.9 Å². The lowest BCUT2D eigenvalue weighted by atomic mass is 10.5. The van der Waals surface area contributed by atoms with Crippen LogP contribution in [0.25, 0.3) is 0 Å². The van der Waals surface area contributed by atoms with Gasteiger partial charge in [0.15, 0.2) is 0 Å². The van der Waals surface area contributed by atoms with Crippen LogP contribution in [-0.4, -0.2) is 26.8 Å². The molecular formula is C7H15NO. The van der Waals surface area contributed by atoms with Gasteiger partial charge < -0.3 is 10.1 Å². The van der Waals surface area contributed by atoms with Gasteiger partial charge in [0.25, 0.3) is 0 Å². The predicted octanol–water partition coefficient (Wildman–Crippen LogP) is 0.798. The van der Waals surface area contributed by atoms with Crippen LogP contribution in [0.15, 0.2) is 12.2 Å². The van der Waals surface area contributed by atoms with Crippen LogP contribution in [0.1, 0.15) is 6.92 Å². The van der Waals surface area contributed by atoms with Crippen LogP contribution >= 0.6 is 0 Å². The number of hydrogen-bond acceptors (Lipinski definition) is 2. The fourth-order valence-electron chi connectivity index (χ4n) is 0.475. The van der Waals surface area contributed by atoms with E-state index in [1.165, 1.54) is 0 Å². The van der Waals surface area contributed by atoms with Gasteiger partial charge in [0.05, 0.1) is 6.61 Å². The van der Waals surface area contributed by atoms with Crippen molar-refractivity contribution in [3.05, 3.63) is 12.2 Å². The smallest absolute Gasteiger partial charge is 0.0644 e. The third-order valence-corrected chi connectivity index (χ3v) is 0.942. The second kappa shape index (κ2) is 7.66. The first-order valence-corrected chi connectivity index (χ1v) is 3.26. The van der Waals surface area contributed by atoms with E-state index in [-0.39, 0.29) is 0 Å². The first-order chi connectivity index (χ1) is 4.41. The Morgan fingerprint density at radius 3 is 2.78 bits per heavy atom. The molecule has 0 aliphatic carbocycles. The van der Waals surface area contributed by atoms with E-state index in [1.54, 1.807) is 7.11 Å². The molecular weight excluding hydrogens is 114 g/mol. The van der Waals surface area contributed by atoms with Crippen LogP contribution in [0.4, 0.5) is 0 Å². The van der Waals surface area contributed by atoms with E-state index in [9.17, 15) is 0 Å². The molecule has 0 bridgehead atoms. The molecule has 0 aromatic heterocycles. The highest BCUT2D eigenvalue weighted by atomic mass is 16.5. The van der Waals surface area contributed by atoms with Gasteiger partial charge in [0.1, 0.15) is 0 Å². The second-order valence-electron chi connectivity index (χ2n) is 1.73. The van der Waals surface area contributed by atoms with Crippen LogP contribution in [0.3, 0.4) is 0 Å². The minimum absolute atomic E-state index is 0.714. The lowest BCUT2D eigenvalue weighted by molar-refractivity contribution is 0.233. The Morgan fingerprint density at radius 2 is 2.22 bits per heavy atom. The van der Waals surface area contributed by atoms with Crippen molar-refractivity contribution >= 4 is 0 Å². The second-order valence-corrected chi connectivity index (χ2v) is 1.73. The summed E-state index contributed by atoms with van der Waals surface area (Å²) in [5.41, 5.74) is 0. The number of rotatable bonds is 5. The first kappa shape index (κ1) is 8.66. The van der Waals surface area contributed by atoms with Crippen molar-refractivity contribution in [1.82, 2.24) is 5.32 Å². The molecule has 0 spiro atoms. The molecule has 0 aliphatic rings. The minimum atomic E-state index is 0.714. The van der Waals surface area contributed by atoms with E-state index in [0.717, 1.165) is 13.1 Å². The third-order valence-electron chi connectivity index (χ3n) is 0.942. The van der Waals surface area contributed by atoms with E-state index < -0.39 is 0 Å². The molecule has 0 aromatic carbocycles. The Morgan fingerprint density at radius 1 is 1.44 bits per heavy atom. The van der Waals surface area contributed by atoms with E-state index in [2.05, 4.69) is 18.3 Å². The SMILES string of the molecule is CCNCC=CCOC. The highest BCUT2D eigenvalue weighted by Crippen LogP contribution is 1.71. The minimum Gasteiger partial charge on any atom is -0.381 e. The zero-order valence-electron chi connectivity index (χ0n) is 6.18. The Hall–Kier alpha value is -0.340. The van der Waals surface area contributed by atoms with Crippen molar-refractivity contribution in [1.29, 1.82) is 0 Å². The highest BCUT2D eigenvalue weighted by molar-refractivity contribution is 4.82. The maximum Gasteiger partial charge on any atom is 0.0644 e. The number of likely N-dealkylation sites (N-methyl/N-ethyl adjacent to an activating group) is 1. The van der Waals surface area contributed by atoms with Crippen LogP contribution in [0.2, 0.25) is 0 Å². The Balaban J connectivity index is 2.86. The molecule has 2 heteroatoms. The summed E-state index contributed by atoms with van der Waals surface area (Å²) in [5, 5.41) is 3.16. The molecule has 0 unspecified atom stereocenters. The number of methoxy groups -OCH3 is 1. The average Bonchev–Trinajstić information content (AvgIpc) is 1.89. The van der Waals surface area contributed by atoms with Gasteiger partial charge in [-0.2, -0.15) is 0 Å². The lowest BCUT2D eigenvalue weighted by Gasteiger charge is -1.92. The molecule has 1 N–H and O–H groups in total. The maximum absolute atomic E-state index is 4.81. The van der Waals surface area contributed by atoms with Gasteiger partial charge in [0.2, 0.25) is 0 Å². The van der Waals surface area contributed by atoms with Gasteiger partial charge >= 0.3 is 0 Å². The first-order valence-electron chi connectivity index (χ1n) is 3.26. The number of nitrogens with one attached hydrogen (secondary N) is 1. The molecule has 0 saturated heterocycles. The molecule has 0 saturated carbocycles. The van der Waals surface area contributed by atoms with Gasteiger partial charge in [-0.1, -0.05) is 19.1 Å². The molecule has 0 radical (unpaired) electrons. The Kier molecular flexibility index (Phi) is 7.37. The summed E-state index contributed by atoms with van der Waals surface area (Å²) in [6, 6.07) is 0. The van der Waals surface area contributed by atoms with Gasteiger partial charge in [-0.3, -0.25) is 0 Å². The summed E-state index contributed by atoms with van der Waals surface area (Å²) >= 11 is 0. The van der Waals surface area contributed by atoms with Gasteiger partial charge in [-0.05, 0) is 6.54 Å². The molecule has 2 nitrogen and oxygen atoms in total. The maximum atomic E-state index is 4.81. The van der Waals surface area contributed by atoms with Gasteiger partial charge in [-0.25, -0.2) is 0 Å². The van der Waals surface area contributed by atoms with E-state index >= 15 is 0 Å². The topological polar surface area (TPSA) is 21.3 Å². The summed E-state index contributed by atoms with van der Waals surface area (Å²) in [6.07, 6.45) is 4.07. The standard InChI is InChI=1S/C7H15NO/c1-3-8-6-4-5-7-9-2/h4-5,8H,3,6-7H2,1-2H3. The van der Waals surface area contributed by atoms with Crippen molar-refractivity contribution < 1.29 is 4.74 Å². The van der Waals surface area contributed by atoms with Gasteiger partial charge in [-0.15, -0.1) is 0 Å². The zero-order valence-corrected chi connectivity index (χ0v) is 6.18. The summed E-state index contributed by atoms with van der Waals surface area (Å²) in [4.78, 5) is 0. The fourth-order valence-corrected chi connectivity index (χ4v) is 0.475. The normalized spacial score (nSPS) is 10.9. The van der Waals surface area contributed by atoms with Crippen LogP contribution in [0.5, 0.6) is 0 Å². The molecule has 54 valence electrons. The van der Waals surface area contributed by atoms with Gasteiger partial charge in [0, 0.05) is 13.7 Å². The molecule has 0 rings (SSSR count). The summed E-state index contributed by atoms with van der Waals surface area (Å²) in [6.45, 7) is 4.77. The number of ether oxygens (including phenoxy) is 1. The monoisotopic (exact) mass is 129 g/mol. The van der Waals surface area contributed by atoms with Crippen molar-refractivity contribution in [2.24, 2.45) is 0 Å². The molecule has 0 aliphatic heterocycles. The van der Waals surface area contributed by atoms with Crippen molar-refractivity contribution in [3.8, 4) is 0 Å². The zero-order chi connectivity index (χ0) is 6.95. The highest BCUT2D eigenvalue weighted by Gasteiger charge is 1.73. The van der Waals surface area contributed by atoms with E-state index in [4.69, 9.17) is 4.74 Å². The number of hydrogen-bond donors (Lipinski definition) is 1. The van der Waals surface area contributed by atoms with Crippen molar-refractivity contribution in [2.75, 3.05) is 26.8 Å². The van der Waals surface area contributed by atoms with Crippen LogP contribution < -0.4 is 5.32 Å². The van der Waals surface area contributed by atoms with Crippen molar-refractivity contribution in [2.45, 2.75) is 6.92 Å². The molecule has 0 heterocycles. The molecule has 0 amide bonds.